The minimum atomic E-state index is -0.455. The van der Waals surface area contributed by atoms with E-state index in [0.717, 1.165) is 11.4 Å². The van der Waals surface area contributed by atoms with Gasteiger partial charge in [0.15, 0.2) is 0 Å². The number of rotatable bonds is 5. The molecule has 0 aliphatic carbocycles. The summed E-state index contributed by atoms with van der Waals surface area (Å²) in [5.74, 6) is 0.975. The van der Waals surface area contributed by atoms with E-state index in [4.69, 9.17) is 0 Å². The number of imidazole rings is 1. The van der Waals surface area contributed by atoms with Crippen molar-refractivity contribution in [1.82, 2.24) is 14.9 Å². The maximum Gasteiger partial charge on any atom is 0.125 e. The number of aryl methyl sites for hydroxylation is 1. The van der Waals surface area contributed by atoms with Crippen molar-refractivity contribution in [3.63, 3.8) is 0 Å². The quantitative estimate of drug-likeness (QED) is 0.853. The Morgan fingerprint density at radius 2 is 2.41 bits per heavy atom. The van der Waals surface area contributed by atoms with Crippen molar-refractivity contribution in [1.29, 1.82) is 0 Å². The highest BCUT2D eigenvalue weighted by Crippen LogP contribution is 2.16. The Balaban J connectivity index is 1.88. The predicted octanol–water partition coefficient (Wildman–Crippen LogP) is 1.87. The Bertz CT molecular complexity index is 452. The number of aliphatic hydroxyl groups is 1. The molecule has 0 spiro atoms. The molecule has 5 heteroatoms. The van der Waals surface area contributed by atoms with Crippen LogP contribution in [0.4, 0.5) is 0 Å². The van der Waals surface area contributed by atoms with E-state index in [2.05, 4.69) is 10.3 Å². The molecule has 2 heterocycles. The van der Waals surface area contributed by atoms with Crippen LogP contribution in [-0.4, -0.2) is 21.2 Å². The van der Waals surface area contributed by atoms with Gasteiger partial charge in [0.1, 0.15) is 5.82 Å². The summed E-state index contributed by atoms with van der Waals surface area (Å²) in [6.07, 6.45) is 3.25. The molecule has 4 nitrogen and oxygen atoms in total. The normalized spacial score (nSPS) is 14.8. The van der Waals surface area contributed by atoms with E-state index in [1.54, 1.807) is 17.5 Å². The van der Waals surface area contributed by atoms with E-state index >= 15 is 0 Å². The van der Waals surface area contributed by atoms with Crippen LogP contribution in [0.1, 0.15) is 30.5 Å². The highest BCUT2D eigenvalue weighted by molar-refractivity contribution is 7.07. The maximum absolute atomic E-state index is 9.94. The topological polar surface area (TPSA) is 50.1 Å². The minimum Gasteiger partial charge on any atom is -0.387 e. The molecule has 0 aromatic carbocycles. The lowest BCUT2D eigenvalue weighted by molar-refractivity contribution is 0.170. The minimum absolute atomic E-state index is 0.128. The highest BCUT2D eigenvalue weighted by Gasteiger charge is 2.13. The first-order valence-electron chi connectivity index (χ1n) is 5.59. The van der Waals surface area contributed by atoms with Crippen molar-refractivity contribution in [2.75, 3.05) is 6.54 Å². The van der Waals surface area contributed by atoms with Crippen molar-refractivity contribution in [3.05, 3.63) is 40.6 Å². The van der Waals surface area contributed by atoms with Gasteiger partial charge in [0.25, 0.3) is 0 Å². The molecule has 17 heavy (non-hydrogen) atoms. The highest BCUT2D eigenvalue weighted by atomic mass is 32.1. The fourth-order valence-electron chi connectivity index (χ4n) is 1.76. The van der Waals surface area contributed by atoms with Gasteiger partial charge in [0, 0.05) is 26.0 Å². The lowest BCUT2D eigenvalue weighted by atomic mass is 10.2. The summed E-state index contributed by atoms with van der Waals surface area (Å²) in [4.78, 5) is 4.28. The summed E-state index contributed by atoms with van der Waals surface area (Å²) in [6, 6.07) is 2.07. The van der Waals surface area contributed by atoms with Gasteiger partial charge in [-0.1, -0.05) is 0 Å². The zero-order valence-corrected chi connectivity index (χ0v) is 10.8. The molecule has 2 aromatic rings. The Hall–Kier alpha value is -1.17. The fraction of sp³-hybridized carbons (Fsp3) is 0.417. The van der Waals surface area contributed by atoms with Crippen molar-refractivity contribution >= 4 is 11.3 Å². The van der Waals surface area contributed by atoms with Crippen LogP contribution in [0, 0.1) is 0 Å². The third-order valence-electron chi connectivity index (χ3n) is 2.79. The summed E-state index contributed by atoms with van der Waals surface area (Å²) >= 11 is 1.60. The van der Waals surface area contributed by atoms with Crippen LogP contribution in [0.2, 0.25) is 0 Å². The molecule has 0 aliphatic heterocycles. The Morgan fingerprint density at radius 3 is 3.00 bits per heavy atom. The summed E-state index contributed by atoms with van der Waals surface area (Å²) in [7, 11) is 1.97. The smallest absolute Gasteiger partial charge is 0.125 e. The largest absolute Gasteiger partial charge is 0.387 e. The van der Waals surface area contributed by atoms with Crippen LogP contribution in [0.25, 0.3) is 0 Å². The van der Waals surface area contributed by atoms with Gasteiger partial charge in [-0.25, -0.2) is 4.98 Å². The number of nitrogens with one attached hydrogen (secondary N) is 1. The van der Waals surface area contributed by atoms with Crippen LogP contribution in [-0.2, 0) is 7.05 Å². The van der Waals surface area contributed by atoms with Crippen LogP contribution >= 0.6 is 11.3 Å². The maximum atomic E-state index is 9.94. The van der Waals surface area contributed by atoms with Crippen molar-refractivity contribution in [3.8, 4) is 0 Å². The third kappa shape index (κ3) is 2.94. The molecule has 2 rings (SSSR count). The molecular weight excluding hydrogens is 234 g/mol. The zero-order chi connectivity index (χ0) is 12.3. The number of aliphatic hydroxyl groups excluding tert-OH is 1. The first-order chi connectivity index (χ1) is 8.18. The third-order valence-corrected chi connectivity index (χ3v) is 3.49. The number of hydrogen-bond donors (Lipinski definition) is 2. The number of nitrogens with zero attached hydrogens (tertiary/aromatic N) is 2. The number of thiophene rings is 1. The second-order valence-electron chi connectivity index (χ2n) is 4.10. The van der Waals surface area contributed by atoms with Gasteiger partial charge in [-0.3, -0.25) is 0 Å². The predicted molar refractivity (Wildman–Crippen MR) is 68.9 cm³/mol. The lowest BCUT2D eigenvalue weighted by Gasteiger charge is -2.16. The number of aromatic nitrogens is 2. The van der Waals surface area contributed by atoms with Gasteiger partial charge in [0.2, 0.25) is 0 Å². The molecule has 2 atom stereocenters. The average molecular weight is 251 g/mol. The van der Waals surface area contributed by atoms with Gasteiger partial charge in [-0.15, -0.1) is 0 Å². The molecule has 2 aromatic heterocycles. The molecule has 0 radical (unpaired) electrons. The fourth-order valence-corrected chi connectivity index (χ4v) is 2.46. The molecule has 0 aliphatic rings. The monoisotopic (exact) mass is 251 g/mol. The average Bonchev–Trinajstić information content (AvgIpc) is 2.95. The SMILES string of the molecule is CC(NCC(O)c1ccsc1)c1nccn1C. The van der Waals surface area contributed by atoms with Gasteiger partial charge in [-0.2, -0.15) is 11.3 Å². The summed E-state index contributed by atoms with van der Waals surface area (Å²) < 4.78 is 1.98. The van der Waals surface area contributed by atoms with E-state index in [9.17, 15) is 5.11 Å². The molecular formula is C12H17N3OS. The second kappa shape index (κ2) is 5.44. The molecule has 0 saturated heterocycles. The molecule has 0 saturated carbocycles. The zero-order valence-electron chi connectivity index (χ0n) is 10.00. The first-order valence-corrected chi connectivity index (χ1v) is 6.53. The second-order valence-corrected chi connectivity index (χ2v) is 4.88. The van der Waals surface area contributed by atoms with Crippen molar-refractivity contribution in [2.24, 2.45) is 7.05 Å². The van der Waals surface area contributed by atoms with Gasteiger partial charge < -0.3 is 15.0 Å². The first kappa shape index (κ1) is 12.3. The molecule has 2 unspecified atom stereocenters. The summed E-state index contributed by atoms with van der Waals surface area (Å²) in [5.41, 5.74) is 0.967. The van der Waals surface area contributed by atoms with E-state index in [0.29, 0.717) is 6.54 Å². The van der Waals surface area contributed by atoms with E-state index in [1.165, 1.54) is 0 Å². The van der Waals surface area contributed by atoms with Crippen molar-refractivity contribution in [2.45, 2.75) is 19.1 Å². The number of hydrogen-bond acceptors (Lipinski definition) is 4. The Morgan fingerprint density at radius 1 is 1.59 bits per heavy atom. The van der Waals surface area contributed by atoms with Crippen LogP contribution in [0.15, 0.2) is 29.2 Å². The van der Waals surface area contributed by atoms with Gasteiger partial charge in [-0.05, 0) is 29.3 Å². The molecule has 0 fully saturated rings. The molecule has 92 valence electrons. The molecule has 0 amide bonds. The van der Waals surface area contributed by atoms with Crippen LogP contribution < -0.4 is 5.32 Å². The van der Waals surface area contributed by atoms with E-state index in [1.807, 2.05) is 41.6 Å². The van der Waals surface area contributed by atoms with Gasteiger partial charge in [0.05, 0.1) is 12.1 Å². The Labute approximate surface area is 105 Å². The van der Waals surface area contributed by atoms with Crippen LogP contribution in [0.3, 0.4) is 0 Å². The van der Waals surface area contributed by atoms with E-state index in [-0.39, 0.29) is 6.04 Å². The summed E-state index contributed by atoms with van der Waals surface area (Å²) in [5, 5.41) is 17.2. The van der Waals surface area contributed by atoms with Gasteiger partial charge >= 0.3 is 0 Å². The van der Waals surface area contributed by atoms with Crippen LogP contribution in [0.5, 0.6) is 0 Å². The summed E-state index contributed by atoms with van der Waals surface area (Å²) in [6.45, 7) is 2.58. The Kier molecular flexibility index (Phi) is 3.93. The lowest BCUT2D eigenvalue weighted by Crippen LogP contribution is -2.26. The molecule has 2 N–H and O–H groups in total. The van der Waals surface area contributed by atoms with E-state index < -0.39 is 6.10 Å². The molecule has 0 bridgehead atoms. The standard InChI is InChI=1S/C12H17N3OS/c1-9(12-13-4-5-15(12)2)14-7-11(16)10-3-6-17-8-10/h3-6,8-9,11,14,16H,7H2,1-2H3. The van der Waals surface area contributed by atoms with Crippen molar-refractivity contribution < 1.29 is 5.11 Å².